The largest absolute Gasteiger partial charge is 0.490 e. The number of hydrogen-bond acceptors (Lipinski definition) is 1. The molecular weight excluding hydrogens is 179 g/mol. The van der Waals surface area contributed by atoms with Crippen molar-refractivity contribution in [3.8, 4) is 5.75 Å². The van der Waals surface area contributed by atoms with E-state index in [1.807, 2.05) is 6.08 Å². The molecule has 76 valence electrons. The van der Waals surface area contributed by atoms with Crippen LogP contribution in [0.1, 0.15) is 18.4 Å². The van der Waals surface area contributed by atoms with E-state index >= 15 is 0 Å². The number of ether oxygens (including phenoxy) is 1. The summed E-state index contributed by atoms with van der Waals surface area (Å²) >= 11 is 0. The molecule has 0 spiro atoms. The Kier molecular flexibility index (Phi) is 4.17. The number of halogens is 1. The molecule has 0 fully saturated rings. The number of benzene rings is 1. The maximum Gasteiger partial charge on any atom is 0.167 e. The standard InChI is InChI=1S/C12H15FO/c1-3-4-5-9-14-11-8-6-7-10(2)12(11)13/h3,6-8H,1,4-5,9H2,2H3. The van der Waals surface area contributed by atoms with Gasteiger partial charge in [0.15, 0.2) is 11.6 Å². The minimum absolute atomic E-state index is 0.258. The Morgan fingerprint density at radius 1 is 1.50 bits per heavy atom. The Balaban J connectivity index is 2.50. The average Bonchev–Trinajstić information content (AvgIpc) is 2.19. The summed E-state index contributed by atoms with van der Waals surface area (Å²) in [7, 11) is 0. The van der Waals surface area contributed by atoms with E-state index < -0.39 is 0 Å². The van der Waals surface area contributed by atoms with Gasteiger partial charge in [0.05, 0.1) is 6.61 Å². The van der Waals surface area contributed by atoms with E-state index in [0.717, 1.165) is 12.8 Å². The van der Waals surface area contributed by atoms with E-state index in [2.05, 4.69) is 6.58 Å². The predicted octanol–water partition coefficient (Wildman–Crippen LogP) is 3.48. The molecule has 0 amide bonds. The van der Waals surface area contributed by atoms with Crippen molar-refractivity contribution in [2.24, 2.45) is 0 Å². The highest BCUT2D eigenvalue weighted by molar-refractivity contribution is 5.29. The molecule has 0 aliphatic heterocycles. The molecule has 1 aromatic rings. The van der Waals surface area contributed by atoms with Gasteiger partial charge in [0.2, 0.25) is 0 Å². The number of allylic oxidation sites excluding steroid dienone is 1. The fourth-order valence-corrected chi connectivity index (χ4v) is 1.14. The van der Waals surface area contributed by atoms with Gasteiger partial charge in [0.25, 0.3) is 0 Å². The van der Waals surface area contributed by atoms with Crippen molar-refractivity contribution >= 4 is 0 Å². The lowest BCUT2D eigenvalue weighted by atomic mass is 10.2. The van der Waals surface area contributed by atoms with Crippen molar-refractivity contribution < 1.29 is 9.13 Å². The number of rotatable bonds is 5. The fraction of sp³-hybridized carbons (Fsp3) is 0.333. The zero-order valence-corrected chi connectivity index (χ0v) is 8.42. The third kappa shape index (κ3) is 2.87. The lowest BCUT2D eigenvalue weighted by Gasteiger charge is -2.07. The van der Waals surface area contributed by atoms with Gasteiger partial charge in [-0.3, -0.25) is 0 Å². The van der Waals surface area contributed by atoms with Gasteiger partial charge in [-0.2, -0.15) is 0 Å². The molecular formula is C12H15FO. The summed E-state index contributed by atoms with van der Waals surface area (Å²) in [5.41, 5.74) is 0.617. The van der Waals surface area contributed by atoms with Crippen LogP contribution in [0.3, 0.4) is 0 Å². The van der Waals surface area contributed by atoms with Crippen molar-refractivity contribution in [3.63, 3.8) is 0 Å². The number of hydrogen-bond donors (Lipinski definition) is 0. The quantitative estimate of drug-likeness (QED) is 0.515. The Morgan fingerprint density at radius 3 is 3.00 bits per heavy atom. The molecule has 0 radical (unpaired) electrons. The zero-order valence-electron chi connectivity index (χ0n) is 8.42. The summed E-state index contributed by atoms with van der Waals surface area (Å²) in [6.45, 7) is 5.87. The van der Waals surface area contributed by atoms with E-state index in [-0.39, 0.29) is 5.82 Å². The molecule has 1 rings (SSSR count). The van der Waals surface area contributed by atoms with Crippen molar-refractivity contribution in [2.75, 3.05) is 6.61 Å². The third-order valence-electron chi connectivity index (χ3n) is 1.97. The molecule has 14 heavy (non-hydrogen) atoms. The van der Waals surface area contributed by atoms with Crippen LogP contribution in [0.2, 0.25) is 0 Å². The van der Waals surface area contributed by atoms with Gasteiger partial charge in [-0.15, -0.1) is 6.58 Å². The van der Waals surface area contributed by atoms with Crippen molar-refractivity contribution in [1.29, 1.82) is 0 Å². The molecule has 0 aromatic heterocycles. The minimum Gasteiger partial charge on any atom is -0.490 e. The van der Waals surface area contributed by atoms with Gasteiger partial charge in [-0.25, -0.2) is 4.39 Å². The Hall–Kier alpha value is -1.31. The summed E-state index contributed by atoms with van der Waals surface area (Å²) in [5, 5.41) is 0. The Labute approximate surface area is 84.2 Å². The third-order valence-corrected chi connectivity index (χ3v) is 1.97. The van der Waals surface area contributed by atoms with Crippen LogP contribution in [0.15, 0.2) is 30.9 Å². The molecule has 0 N–H and O–H groups in total. The first-order chi connectivity index (χ1) is 6.75. The van der Waals surface area contributed by atoms with Gasteiger partial charge >= 0.3 is 0 Å². The highest BCUT2D eigenvalue weighted by Gasteiger charge is 2.04. The SMILES string of the molecule is C=CCCCOc1cccc(C)c1F. The smallest absolute Gasteiger partial charge is 0.167 e. The Morgan fingerprint density at radius 2 is 2.29 bits per heavy atom. The second kappa shape index (κ2) is 5.43. The summed E-state index contributed by atoms with van der Waals surface area (Å²) in [5.74, 6) is 0.0835. The van der Waals surface area contributed by atoms with E-state index in [1.54, 1.807) is 25.1 Å². The van der Waals surface area contributed by atoms with Crippen molar-refractivity contribution in [1.82, 2.24) is 0 Å². The monoisotopic (exact) mass is 194 g/mol. The molecule has 0 aliphatic rings. The van der Waals surface area contributed by atoms with Crippen LogP contribution in [-0.4, -0.2) is 6.61 Å². The van der Waals surface area contributed by atoms with Crippen LogP contribution in [0.4, 0.5) is 4.39 Å². The van der Waals surface area contributed by atoms with E-state index in [0.29, 0.717) is 17.9 Å². The first-order valence-electron chi connectivity index (χ1n) is 4.74. The zero-order chi connectivity index (χ0) is 10.4. The molecule has 0 saturated heterocycles. The van der Waals surface area contributed by atoms with Gasteiger partial charge in [-0.1, -0.05) is 18.2 Å². The molecule has 0 saturated carbocycles. The highest BCUT2D eigenvalue weighted by Crippen LogP contribution is 2.19. The molecule has 0 heterocycles. The molecule has 0 bridgehead atoms. The lowest BCUT2D eigenvalue weighted by Crippen LogP contribution is -1.99. The maximum absolute atomic E-state index is 13.4. The van der Waals surface area contributed by atoms with Crippen LogP contribution >= 0.6 is 0 Å². The van der Waals surface area contributed by atoms with E-state index in [9.17, 15) is 4.39 Å². The molecule has 1 aromatic carbocycles. The van der Waals surface area contributed by atoms with Crippen LogP contribution in [-0.2, 0) is 0 Å². The maximum atomic E-state index is 13.4. The molecule has 0 unspecified atom stereocenters. The summed E-state index contributed by atoms with van der Waals surface area (Å²) < 4.78 is 18.7. The van der Waals surface area contributed by atoms with Gasteiger partial charge < -0.3 is 4.74 Å². The van der Waals surface area contributed by atoms with Gasteiger partial charge in [-0.05, 0) is 31.4 Å². The second-order valence-electron chi connectivity index (χ2n) is 3.17. The van der Waals surface area contributed by atoms with Crippen LogP contribution in [0, 0.1) is 12.7 Å². The Bertz CT molecular complexity index is 307. The summed E-state index contributed by atoms with van der Waals surface area (Å²) in [4.78, 5) is 0. The van der Waals surface area contributed by atoms with Crippen LogP contribution in [0.25, 0.3) is 0 Å². The minimum atomic E-state index is -0.258. The first kappa shape index (κ1) is 10.8. The number of unbranched alkanes of at least 4 members (excludes halogenated alkanes) is 1. The topological polar surface area (TPSA) is 9.23 Å². The van der Waals surface area contributed by atoms with Gasteiger partial charge in [0.1, 0.15) is 0 Å². The van der Waals surface area contributed by atoms with E-state index in [1.165, 1.54) is 0 Å². The fourth-order valence-electron chi connectivity index (χ4n) is 1.14. The van der Waals surface area contributed by atoms with Crippen molar-refractivity contribution in [2.45, 2.75) is 19.8 Å². The lowest BCUT2D eigenvalue weighted by molar-refractivity contribution is 0.296. The van der Waals surface area contributed by atoms with Crippen LogP contribution < -0.4 is 4.74 Å². The highest BCUT2D eigenvalue weighted by atomic mass is 19.1. The van der Waals surface area contributed by atoms with Crippen LogP contribution in [0.5, 0.6) is 5.75 Å². The second-order valence-corrected chi connectivity index (χ2v) is 3.17. The average molecular weight is 194 g/mol. The molecule has 1 nitrogen and oxygen atoms in total. The summed E-state index contributed by atoms with van der Waals surface area (Å²) in [6.07, 6.45) is 3.60. The number of aryl methyl sites for hydroxylation is 1. The molecule has 0 aliphatic carbocycles. The van der Waals surface area contributed by atoms with Crippen molar-refractivity contribution in [3.05, 3.63) is 42.2 Å². The molecule has 2 heteroatoms. The first-order valence-corrected chi connectivity index (χ1v) is 4.74. The summed E-state index contributed by atoms with van der Waals surface area (Å²) in [6, 6.07) is 5.17. The van der Waals surface area contributed by atoms with Gasteiger partial charge in [0, 0.05) is 0 Å². The molecule has 0 atom stereocenters. The van der Waals surface area contributed by atoms with E-state index in [4.69, 9.17) is 4.74 Å². The normalized spacial score (nSPS) is 9.86. The predicted molar refractivity (Wildman–Crippen MR) is 56.1 cm³/mol.